The molecule has 0 aliphatic carbocycles. The molecule has 0 fully saturated rings. The summed E-state index contributed by atoms with van der Waals surface area (Å²) in [7, 11) is -1.02. The van der Waals surface area contributed by atoms with Crippen molar-refractivity contribution in [1.82, 2.24) is 20.3 Å². The fraction of sp³-hybridized carbons (Fsp3) is 0.500. The Morgan fingerprint density at radius 1 is 0.957 bits per heavy atom. The molecule has 3 N–H and O–H groups in total. The van der Waals surface area contributed by atoms with Gasteiger partial charge >= 0.3 is 0 Å². The van der Waals surface area contributed by atoms with Crippen LogP contribution in [0.5, 0.6) is 0 Å². The zero-order valence-electron chi connectivity index (χ0n) is 29.0. The van der Waals surface area contributed by atoms with Crippen LogP contribution >= 0.6 is 0 Å². The van der Waals surface area contributed by atoms with Crippen molar-refractivity contribution in [3.63, 3.8) is 0 Å². The van der Waals surface area contributed by atoms with E-state index in [-0.39, 0.29) is 34.6 Å². The van der Waals surface area contributed by atoms with Gasteiger partial charge in [0.1, 0.15) is 11.8 Å². The third kappa shape index (κ3) is 10.2. The second kappa shape index (κ2) is 15.7. The molecular weight excluding hydrogens is 622 g/mol. The normalized spacial score (nSPS) is 14.6. The molecule has 0 spiro atoms. The highest BCUT2D eigenvalue weighted by atomic mass is 32.2. The van der Waals surface area contributed by atoms with Gasteiger partial charge in [0.15, 0.2) is 0 Å². The molecule has 3 unspecified atom stereocenters. The number of para-hydroxylation sites is 1. The highest BCUT2D eigenvalue weighted by molar-refractivity contribution is 7.89. The maximum Gasteiger partial charge on any atom is 0.273 e. The van der Waals surface area contributed by atoms with Gasteiger partial charge in [0, 0.05) is 29.7 Å². The van der Waals surface area contributed by atoms with Gasteiger partial charge in [-0.15, -0.1) is 0 Å². The zero-order chi connectivity index (χ0) is 35.9. The van der Waals surface area contributed by atoms with Crippen LogP contribution in [0.25, 0.3) is 0 Å². The number of nitrogens with zero attached hydrogens (tertiary/aromatic N) is 2. The van der Waals surface area contributed by atoms with Gasteiger partial charge in [-0.1, -0.05) is 103 Å². The van der Waals surface area contributed by atoms with Gasteiger partial charge in [-0.3, -0.25) is 24.5 Å². The van der Waals surface area contributed by atoms with E-state index in [4.69, 9.17) is 0 Å². The number of sulfonamides is 1. The van der Waals surface area contributed by atoms with E-state index < -0.39 is 55.6 Å². The first-order valence-electron chi connectivity index (χ1n) is 15.4. The van der Waals surface area contributed by atoms with Crippen LogP contribution in [-0.2, 0) is 35.6 Å². The molecule has 0 saturated heterocycles. The Morgan fingerprint density at radius 2 is 1.51 bits per heavy atom. The molecule has 12 nitrogen and oxygen atoms in total. The van der Waals surface area contributed by atoms with Crippen molar-refractivity contribution >= 4 is 33.4 Å². The third-order valence-corrected chi connectivity index (χ3v) is 9.42. The standard InChI is InChI=1S/C34H49N5O7S/c1-22(2)27(20-23(3)30(40)37-47(45,46)21-24-16-14-15-19-26(24)39(43)44)38(10)32(42)29(33(4,5)6)36-31(41)28(35-9)34(7,8)25-17-12-11-13-18-25/h11-20,22,27-29,35H,21H2,1-10H3,(H,36,41)(H,37,40). The van der Waals surface area contributed by atoms with Crippen molar-refractivity contribution in [2.75, 3.05) is 14.1 Å². The summed E-state index contributed by atoms with van der Waals surface area (Å²) in [5.41, 5.74) is -0.756. The first-order chi connectivity index (χ1) is 21.6. The number of carbonyl (C=O) groups excluding carboxylic acids is 3. The predicted octanol–water partition coefficient (Wildman–Crippen LogP) is 4.07. The lowest BCUT2D eigenvalue weighted by atomic mass is 9.76. The molecule has 3 amide bonds. The summed E-state index contributed by atoms with van der Waals surface area (Å²) < 4.78 is 27.6. The molecule has 0 saturated carbocycles. The first-order valence-corrected chi connectivity index (χ1v) is 17.0. The second-order valence-electron chi connectivity index (χ2n) is 13.7. The second-order valence-corrected chi connectivity index (χ2v) is 15.4. The highest BCUT2D eigenvalue weighted by Crippen LogP contribution is 2.29. The molecule has 0 bridgehead atoms. The van der Waals surface area contributed by atoms with Crippen molar-refractivity contribution in [1.29, 1.82) is 0 Å². The minimum absolute atomic E-state index is 0.0330. The molecule has 0 aliphatic rings. The summed E-state index contributed by atoms with van der Waals surface area (Å²) in [6.45, 7) is 14.6. The van der Waals surface area contributed by atoms with Crippen molar-refractivity contribution < 1.29 is 27.7 Å². The minimum Gasteiger partial charge on any atom is -0.342 e. The maximum absolute atomic E-state index is 14.1. The lowest BCUT2D eigenvalue weighted by Crippen LogP contribution is -2.61. The van der Waals surface area contributed by atoms with Crippen LogP contribution in [0.4, 0.5) is 5.69 Å². The van der Waals surface area contributed by atoms with Gasteiger partial charge in [0.25, 0.3) is 11.6 Å². The van der Waals surface area contributed by atoms with E-state index in [0.717, 1.165) is 5.56 Å². The van der Waals surface area contributed by atoms with E-state index >= 15 is 0 Å². The summed E-state index contributed by atoms with van der Waals surface area (Å²) in [4.78, 5) is 53.0. The predicted molar refractivity (Wildman–Crippen MR) is 183 cm³/mol. The SMILES string of the molecule is CNC(C(=O)NC(C(=O)N(C)C(C=C(C)C(=O)NS(=O)(=O)Cc1ccccc1[N+](=O)[O-])C(C)C)C(C)(C)C)C(C)(C)c1ccccc1. The van der Waals surface area contributed by atoms with Gasteiger partial charge in [0.2, 0.25) is 21.8 Å². The van der Waals surface area contributed by atoms with Crippen LogP contribution in [0.1, 0.15) is 66.5 Å². The topological polar surface area (TPSA) is 168 Å². The Hall–Kier alpha value is -4.10. The van der Waals surface area contributed by atoms with Crippen LogP contribution in [0.3, 0.4) is 0 Å². The van der Waals surface area contributed by atoms with Gasteiger partial charge in [-0.2, -0.15) is 0 Å². The molecule has 2 rings (SSSR count). The molecule has 0 aliphatic heterocycles. The maximum atomic E-state index is 14.1. The number of rotatable bonds is 14. The smallest absolute Gasteiger partial charge is 0.273 e. The third-order valence-electron chi connectivity index (χ3n) is 8.23. The number of hydrogen-bond acceptors (Lipinski definition) is 8. The average Bonchev–Trinajstić information content (AvgIpc) is 2.97. The molecule has 0 aromatic heterocycles. The number of likely N-dealkylation sites (N-methyl/N-ethyl adjacent to an activating group) is 2. The monoisotopic (exact) mass is 671 g/mol. The molecule has 47 heavy (non-hydrogen) atoms. The summed E-state index contributed by atoms with van der Waals surface area (Å²) in [5, 5.41) is 17.4. The zero-order valence-corrected chi connectivity index (χ0v) is 29.8. The highest BCUT2D eigenvalue weighted by Gasteiger charge is 2.41. The van der Waals surface area contributed by atoms with Gasteiger partial charge < -0.3 is 15.5 Å². The molecule has 3 atom stereocenters. The van der Waals surface area contributed by atoms with Crippen LogP contribution in [0, 0.1) is 21.4 Å². The average molecular weight is 672 g/mol. The van der Waals surface area contributed by atoms with Gasteiger partial charge in [-0.25, -0.2) is 13.1 Å². The van der Waals surface area contributed by atoms with Gasteiger partial charge in [-0.05, 0) is 30.9 Å². The molecular formula is C34H49N5O7S. The fourth-order valence-corrected chi connectivity index (χ4v) is 6.60. The molecule has 2 aromatic carbocycles. The summed E-state index contributed by atoms with van der Waals surface area (Å²) in [6.07, 6.45) is 1.51. The molecule has 0 radical (unpaired) electrons. The number of nitrogens with one attached hydrogen (secondary N) is 3. The Morgan fingerprint density at radius 3 is 2.02 bits per heavy atom. The largest absolute Gasteiger partial charge is 0.342 e. The summed E-state index contributed by atoms with van der Waals surface area (Å²) in [6, 6.07) is 12.8. The van der Waals surface area contributed by atoms with Crippen LogP contribution < -0.4 is 15.4 Å². The number of nitro benzene ring substituents is 1. The molecule has 13 heteroatoms. The Labute approximate surface area is 278 Å². The minimum atomic E-state index is -4.30. The van der Waals surface area contributed by atoms with Crippen molar-refractivity contribution in [2.24, 2.45) is 11.3 Å². The molecule has 258 valence electrons. The number of benzene rings is 2. The number of hydrogen-bond donors (Lipinski definition) is 3. The Balaban J connectivity index is 2.31. The van der Waals surface area contributed by atoms with E-state index in [1.165, 1.54) is 42.2 Å². The van der Waals surface area contributed by atoms with E-state index in [9.17, 15) is 32.9 Å². The lowest BCUT2D eigenvalue weighted by Gasteiger charge is -2.40. The van der Waals surface area contributed by atoms with E-state index in [1.807, 2.05) is 83.5 Å². The number of amides is 3. The van der Waals surface area contributed by atoms with E-state index in [0.29, 0.717) is 0 Å². The Kier molecular flexibility index (Phi) is 13.0. The quantitative estimate of drug-likeness (QED) is 0.154. The summed E-state index contributed by atoms with van der Waals surface area (Å²) in [5.74, 6) is -2.62. The van der Waals surface area contributed by atoms with E-state index in [2.05, 4.69) is 10.6 Å². The fourth-order valence-electron chi connectivity index (χ4n) is 5.44. The lowest BCUT2D eigenvalue weighted by molar-refractivity contribution is -0.385. The van der Waals surface area contributed by atoms with Crippen LogP contribution in [0.15, 0.2) is 66.2 Å². The van der Waals surface area contributed by atoms with Gasteiger partial charge in [0.05, 0.1) is 17.0 Å². The number of carbonyl (C=O) groups is 3. The Bertz CT molecular complexity index is 1580. The molecule has 0 heterocycles. The number of nitro groups is 1. The van der Waals surface area contributed by atoms with Crippen molar-refractivity contribution in [2.45, 2.75) is 84.7 Å². The van der Waals surface area contributed by atoms with Crippen LogP contribution in [-0.4, -0.2) is 68.2 Å². The van der Waals surface area contributed by atoms with Crippen molar-refractivity contribution in [3.8, 4) is 0 Å². The summed E-state index contributed by atoms with van der Waals surface area (Å²) >= 11 is 0. The van der Waals surface area contributed by atoms with Crippen molar-refractivity contribution in [3.05, 3.63) is 87.5 Å². The van der Waals surface area contributed by atoms with E-state index in [1.54, 1.807) is 14.1 Å². The van der Waals surface area contributed by atoms with Crippen LogP contribution in [0.2, 0.25) is 0 Å². The molecule has 2 aromatic rings. The first kappa shape index (κ1) is 39.1.